The Labute approximate surface area is 224 Å². The Morgan fingerprint density at radius 2 is 1.92 bits per heavy atom. The second kappa shape index (κ2) is 11.5. The van der Waals surface area contributed by atoms with Gasteiger partial charge in [0.15, 0.2) is 0 Å². The first-order valence-electron chi connectivity index (χ1n) is 11.1. The summed E-state index contributed by atoms with van der Waals surface area (Å²) >= 11 is 2.43. The average molecular weight is 560 g/mol. The first-order valence-corrected chi connectivity index (χ1v) is 12.9. The highest BCUT2D eigenvalue weighted by Crippen LogP contribution is 2.46. The van der Waals surface area contributed by atoms with Crippen LogP contribution in [-0.2, 0) is 41.7 Å². The number of nitrogens with one attached hydrogen (secondary N) is 1. The van der Waals surface area contributed by atoms with Crippen LogP contribution < -0.4 is 5.32 Å². The van der Waals surface area contributed by atoms with Gasteiger partial charge in [-0.3, -0.25) is 29.4 Å². The van der Waals surface area contributed by atoms with Crippen LogP contribution in [0, 0.1) is 10.1 Å². The summed E-state index contributed by atoms with van der Waals surface area (Å²) in [6, 6.07) is 8.01. The second-order valence-electron chi connectivity index (χ2n) is 8.12. The van der Waals surface area contributed by atoms with Gasteiger partial charge in [-0.15, -0.1) is 11.3 Å². The van der Waals surface area contributed by atoms with Crippen molar-refractivity contribution < 1.29 is 38.7 Å². The van der Waals surface area contributed by atoms with Crippen LogP contribution >= 0.6 is 23.1 Å². The van der Waals surface area contributed by atoms with E-state index in [4.69, 9.17) is 9.47 Å². The molecule has 12 nitrogen and oxygen atoms in total. The van der Waals surface area contributed by atoms with Gasteiger partial charge in [-0.2, -0.15) is 0 Å². The van der Waals surface area contributed by atoms with Crippen LogP contribution in [0.5, 0.6) is 0 Å². The smallest absolute Gasteiger partial charge is 0.355 e. The lowest BCUT2D eigenvalue weighted by molar-refractivity contribution is -0.384. The van der Waals surface area contributed by atoms with E-state index in [0.717, 1.165) is 27.8 Å². The summed E-state index contributed by atoms with van der Waals surface area (Å²) in [5.74, 6) is -2.53. The molecule has 4 rings (SSSR count). The number of β-lactam (4-membered cyclic amide) rings is 1. The predicted molar refractivity (Wildman–Crippen MR) is 135 cm³/mol. The van der Waals surface area contributed by atoms with E-state index in [1.165, 1.54) is 42.5 Å². The van der Waals surface area contributed by atoms with Crippen molar-refractivity contribution in [3.63, 3.8) is 0 Å². The molecule has 2 amide bonds. The molecule has 0 spiro atoms. The predicted octanol–water partition coefficient (Wildman–Crippen LogP) is 2.56. The van der Waals surface area contributed by atoms with Crippen LogP contribution in [-0.4, -0.2) is 56.7 Å². The summed E-state index contributed by atoms with van der Waals surface area (Å²) in [6.45, 7) is 0.491. The number of hydrogen-bond acceptors (Lipinski definition) is 11. The lowest BCUT2D eigenvalue weighted by Gasteiger charge is -2.49. The maximum absolute atomic E-state index is 13.2. The number of esters is 2. The topological polar surface area (TPSA) is 165 Å². The third kappa shape index (κ3) is 5.70. The van der Waals surface area contributed by atoms with Gasteiger partial charge in [0.25, 0.3) is 11.6 Å². The number of benzene rings is 1. The van der Waals surface area contributed by atoms with E-state index in [-0.39, 0.29) is 40.8 Å². The number of hydrogen-bond donors (Lipinski definition) is 2. The zero-order valence-electron chi connectivity index (χ0n) is 19.8. The van der Waals surface area contributed by atoms with Gasteiger partial charge in [-0.25, -0.2) is 4.79 Å². The van der Waals surface area contributed by atoms with Crippen LogP contribution in [0.1, 0.15) is 17.4 Å². The highest BCUT2D eigenvalue weighted by molar-refractivity contribution is 8.04. The Kier molecular flexibility index (Phi) is 8.12. The zero-order valence-corrected chi connectivity index (χ0v) is 21.5. The van der Waals surface area contributed by atoms with Crippen LogP contribution in [0.15, 0.2) is 64.2 Å². The molecule has 1 aromatic carbocycles. The van der Waals surface area contributed by atoms with Crippen molar-refractivity contribution in [2.24, 2.45) is 0 Å². The van der Waals surface area contributed by atoms with Gasteiger partial charge in [-0.05, 0) is 29.1 Å². The lowest BCUT2D eigenvalue weighted by Crippen LogP contribution is -2.70. The number of thioether (sulfide) groups is 1. The highest BCUT2D eigenvalue weighted by Gasteiger charge is 2.55. The van der Waals surface area contributed by atoms with Crippen molar-refractivity contribution in [2.45, 2.75) is 31.4 Å². The number of rotatable bonds is 9. The summed E-state index contributed by atoms with van der Waals surface area (Å²) < 4.78 is 10.4. The number of nitro groups is 1. The quantitative estimate of drug-likeness (QED) is 0.153. The SMILES string of the molecule is CC(=O)OCC1=C(C(=O)OCc2ccc([N+](=O)[O-])cc2)N2C(=O)C(NC(=O)Cc3cccs3)[C@@H]2SC1=CO. The molecule has 3 heterocycles. The summed E-state index contributed by atoms with van der Waals surface area (Å²) in [5.41, 5.74) is 0.161. The van der Waals surface area contributed by atoms with Gasteiger partial charge in [0.2, 0.25) is 5.91 Å². The molecule has 2 aliphatic heterocycles. The van der Waals surface area contributed by atoms with Crippen molar-refractivity contribution in [3.05, 3.63) is 84.8 Å². The molecule has 0 aliphatic carbocycles. The first-order chi connectivity index (χ1) is 18.2. The van der Waals surface area contributed by atoms with Gasteiger partial charge in [0.05, 0.1) is 22.5 Å². The van der Waals surface area contributed by atoms with Crippen molar-refractivity contribution in [1.29, 1.82) is 0 Å². The van der Waals surface area contributed by atoms with Crippen molar-refractivity contribution >= 4 is 52.5 Å². The minimum Gasteiger partial charge on any atom is -0.514 e. The van der Waals surface area contributed by atoms with Crippen molar-refractivity contribution in [3.8, 4) is 0 Å². The molecular formula is C24H21N3O9S2. The van der Waals surface area contributed by atoms with Gasteiger partial charge >= 0.3 is 11.9 Å². The Morgan fingerprint density at radius 3 is 2.53 bits per heavy atom. The third-order valence-corrected chi connectivity index (χ3v) is 7.80. The molecular weight excluding hydrogens is 538 g/mol. The monoisotopic (exact) mass is 559 g/mol. The number of aliphatic hydroxyl groups excluding tert-OH is 1. The second-order valence-corrected chi connectivity index (χ2v) is 10.3. The number of aliphatic hydroxyl groups is 1. The number of nitrogens with zero attached hydrogens (tertiary/aromatic N) is 2. The Morgan fingerprint density at radius 1 is 1.18 bits per heavy atom. The summed E-state index contributed by atoms with van der Waals surface area (Å²) in [5, 5.41) is 24.5. The van der Waals surface area contributed by atoms with Crippen LogP contribution in [0.2, 0.25) is 0 Å². The molecule has 1 aromatic heterocycles. The van der Waals surface area contributed by atoms with Crippen LogP contribution in [0.4, 0.5) is 5.69 Å². The average Bonchev–Trinajstić information content (AvgIpc) is 3.41. The standard InChI is InChI=1S/C24H21N3O9S2/c1-13(29)35-12-17-18(10-28)38-23-20(25-19(30)9-16-3-2-8-37-16)22(31)26(23)21(17)24(32)36-11-14-4-6-15(7-5-14)27(33)34/h2-8,10,20,23,28H,9,11-12H2,1H3,(H,25,30)/t20?,23-/m0/s1. The Hall–Kier alpha value is -4.17. The molecule has 0 bridgehead atoms. The molecule has 14 heteroatoms. The van der Waals surface area contributed by atoms with E-state index in [1.54, 1.807) is 6.07 Å². The Balaban J connectivity index is 1.55. The van der Waals surface area contributed by atoms with E-state index in [1.807, 2.05) is 11.4 Å². The fourth-order valence-electron chi connectivity index (χ4n) is 3.79. The normalized spacial score (nSPS) is 19.4. The summed E-state index contributed by atoms with van der Waals surface area (Å²) in [4.78, 5) is 62.7. The molecule has 2 N–H and O–H groups in total. The fraction of sp³-hybridized carbons (Fsp3) is 0.250. The number of carbonyl (C=O) groups is 4. The molecule has 2 aromatic rings. The van der Waals surface area contributed by atoms with E-state index < -0.39 is 40.8 Å². The lowest BCUT2D eigenvalue weighted by atomic mass is 10.0. The Bertz CT molecular complexity index is 1340. The number of thiophene rings is 1. The number of amides is 2. The van der Waals surface area contributed by atoms with Crippen LogP contribution in [0.25, 0.3) is 0 Å². The number of carbonyl (C=O) groups excluding carboxylic acids is 4. The van der Waals surface area contributed by atoms with Gasteiger partial charge < -0.3 is 19.9 Å². The number of ether oxygens (including phenoxy) is 2. The molecule has 1 fully saturated rings. The largest absolute Gasteiger partial charge is 0.514 e. The molecule has 1 unspecified atom stereocenters. The van der Waals surface area contributed by atoms with Gasteiger partial charge in [-0.1, -0.05) is 17.8 Å². The van der Waals surface area contributed by atoms with E-state index >= 15 is 0 Å². The fourth-order valence-corrected chi connectivity index (χ4v) is 5.75. The molecule has 2 atom stereocenters. The van der Waals surface area contributed by atoms with E-state index in [0.29, 0.717) is 5.56 Å². The first kappa shape index (κ1) is 26.9. The molecule has 1 saturated heterocycles. The van der Waals surface area contributed by atoms with Crippen molar-refractivity contribution in [2.75, 3.05) is 6.61 Å². The maximum atomic E-state index is 13.2. The highest BCUT2D eigenvalue weighted by atomic mass is 32.2. The number of nitro benzene ring substituents is 1. The minimum atomic E-state index is -0.963. The maximum Gasteiger partial charge on any atom is 0.355 e. The summed E-state index contributed by atoms with van der Waals surface area (Å²) in [6.07, 6.45) is 0.816. The molecule has 38 heavy (non-hydrogen) atoms. The van der Waals surface area contributed by atoms with Crippen LogP contribution in [0.3, 0.4) is 0 Å². The zero-order chi connectivity index (χ0) is 27.4. The van der Waals surface area contributed by atoms with E-state index in [9.17, 15) is 34.4 Å². The van der Waals surface area contributed by atoms with E-state index in [2.05, 4.69) is 5.32 Å². The number of non-ortho nitro benzene ring substituents is 1. The number of fused-ring (bicyclic) bond motifs is 1. The molecule has 0 radical (unpaired) electrons. The molecule has 0 saturated carbocycles. The third-order valence-electron chi connectivity index (χ3n) is 5.59. The molecule has 2 aliphatic rings. The molecule has 198 valence electrons. The summed E-state index contributed by atoms with van der Waals surface area (Å²) in [7, 11) is 0. The van der Waals surface area contributed by atoms with Crippen molar-refractivity contribution in [1.82, 2.24) is 10.2 Å². The van der Waals surface area contributed by atoms with Gasteiger partial charge in [0, 0.05) is 29.5 Å². The minimum absolute atomic E-state index is 0.0642. The van der Waals surface area contributed by atoms with Gasteiger partial charge in [0.1, 0.15) is 30.3 Å².